The molecule has 0 aliphatic carbocycles. The predicted octanol–water partition coefficient (Wildman–Crippen LogP) is 1.34. The topological polar surface area (TPSA) is 60.0 Å². The van der Waals surface area contributed by atoms with Crippen LogP contribution in [0.5, 0.6) is 0 Å². The number of pyridine rings is 1. The molecule has 5 heteroatoms. The maximum atomic E-state index is 6.13. The second-order valence-corrected chi connectivity index (χ2v) is 5.00. The molecule has 5 nitrogen and oxygen atoms in total. The molecule has 102 valence electrons. The summed E-state index contributed by atoms with van der Waals surface area (Å²) in [6, 6.07) is 6.05. The third-order valence-corrected chi connectivity index (χ3v) is 3.15. The first-order valence-corrected chi connectivity index (χ1v) is 6.42. The van der Waals surface area contributed by atoms with Crippen LogP contribution in [0.15, 0.2) is 36.8 Å². The van der Waals surface area contributed by atoms with Gasteiger partial charge in [0.1, 0.15) is 0 Å². The Kier molecular flexibility index (Phi) is 4.29. The summed E-state index contributed by atoms with van der Waals surface area (Å²) >= 11 is 0. The Balaban J connectivity index is 2.15. The zero-order valence-corrected chi connectivity index (χ0v) is 11.7. The Morgan fingerprint density at radius 3 is 2.74 bits per heavy atom. The number of likely N-dealkylation sites (N-methyl/N-ethyl adjacent to an activating group) is 1. The molecule has 0 fully saturated rings. The van der Waals surface area contributed by atoms with Crippen LogP contribution >= 0.6 is 0 Å². The lowest BCUT2D eigenvalue weighted by Crippen LogP contribution is -2.37. The van der Waals surface area contributed by atoms with E-state index in [1.165, 1.54) is 5.56 Å². The monoisotopic (exact) mass is 259 g/mol. The molecule has 2 rings (SSSR count). The van der Waals surface area contributed by atoms with E-state index in [-0.39, 0.29) is 12.1 Å². The van der Waals surface area contributed by atoms with Gasteiger partial charge in [0.25, 0.3) is 0 Å². The lowest BCUT2D eigenvalue weighted by molar-refractivity contribution is 0.206. The van der Waals surface area contributed by atoms with E-state index in [0.29, 0.717) is 0 Å². The molecule has 0 radical (unpaired) electrons. The van der Waals surface area contributed by atoms with Crippen molar-refractivity contribution in [2.45, 2.75) is 25.6 Å². The van der Waals surface area contributed by atoms with Gasteiger partial charge in [0.2, 0.25) is 0 Å². The van der Waals surface area contributed by atoms with Crippen molar-refractivity contribution in [2.24, 2.45) is 12.8 Å². The molecular formula is C14H21N5. The molecule has 2 atom stereocenters. The first kappa shape index (κ1) is 13.7. The van der Waals surface area contributed by atoms with Crippen LogP contribution in [0, 0.1) is 0 Å². The van der Waals surface area contributed by atoms with Gasteiger partial charge in [-0.2, -0.15) is 5.10 Å². The summed E-state index contributed by atoms with van der Waals surface area (Å²) in [6.07, 6.45) is 5.71. The summed E-state index contributed by atoms with van der Waals surface area (Å²) < 4.78 is 1.81. The Hall–Kier alpha value is -1.72. The van der Waals surface area contributed by atoms with Crippen LogP contribution in [0.25, 0.3) is 0 Å². The van der Waals surface area contributed by atoms with Crippen molar-refractivity contribution in [1.82, 2.24) is 19.7 Å². The van der Waals surface area contributed by atoms with Crippen molar-refractivity contribution < 1.29 is 0 Å². The summed E-state index contributed by atoms with van der Waals surface area (Å²) in [5.74, 6) is 0. The second kappa shape index (κ2) is 5.95. The number of rotatable bonds is 5. The largest absolute Gasteiger partial charge is 0.326 e. The van der Waals surface area contributed by atoms with Gasteiger partial charge in [-0.15, -0.1) is 0 Å². The van der Waals surface area contributed by atoms with E-state index in [1.807, 2.05) is 55.4 Å². The van der Waals surface area contributed by atoms with E-state index in [0.717, 1.165) is 12.2 Å². The van der Waals surface area contributed by atoms with E-state index in [1.54, 1.807) is 0 Å². The van der Waals surface area contributed by atoms with Crippen molar-refractivity contribution in [3.05, 3.63) is 48.0 Å². The quantitative estimate of drug-likeness (QED) is 0.880. The Morgan fingerprint density at radius 2 is 2.21 bits per heavy atom. The number of nitrogens with two attached hydrogens (primary N) is 1. The molecule has 0 spiro atoms. The van der Waals surface area contributed by atoms with Crippen LogP contribution in [0.2, 0.25) is 0 Å². The van der Waals surface area contributed by atoms with E-state index in [2.05, 4.69) is 22.0 Å². The van der Waals surface area contributed by atoms with Crippen molar-refractivity contribution in [3.8, 4) is 0 Å². The Labute approximate surface area is 114 Å². The van der Waals surface area contributed by atoms with Gasteiger partial charge in [-0.05, 0) is 26.1 Å². The third-order valence-electron chi connectivity index (χ3n) is 3.15. The Morgan fingerprint density at radius 1 is 1.42 bits per heavy atom. The highest BCUT2D eigenvalue weighted by atomic mass is 15.2. The minimum Gasteiger partial charge on any atom is -0.326 e. The summed E-state index contributed by atoms with van der Waals surface area (Å²) in [5.41, 5.74) is 8.30. The molecule has 0 aromatic carbocycles. The molecule has 0 aliphatic rings. The molecule has 2 aromatic heterocycles. The minimum absolute atomic E-state index is 0.0107. The van der Waals surface area contributed by atoms with Gasteiger partial charge < -0.3 is 5.73 Å². The molecule has 0 saturated heterocycles. The fourth-order valence-corrected chi connectivity index (χ4v) is 2.39. The minimum atomic E-state index is 0.0107. The smallest absolute Gasteiger partial charge is 0.0671 e. The molecule has 0 bridgehead atoms. The zero-order chi connectivity index (χ0) is 13.8. The van der Waals surface area contributed by atoms with E-state index >= 15 is 0 Å². The third kappa shape index (κ3) is 3.39. The van der Waals surface area contributed by atoms with Gasteiger partial charge in [0, 0.05) is 37.6 Å². The van der Waals surface area contributed by atoms with E-state index in [9.17, 15) is 0 Å². The molecule has 0 amide bonds. The van der Waals surface area contributed by atoms with Gasteiger partial charge >= 0.3 is 0 Å². The number of nitrogens with zero attached hydrogens (tertiary/aromatic N) is 4. The molecule has 2 unspecified atom stereocenters. The second-order valence-electron chi connectivity index (χ2n) is 5.00. The van der Waals surface area contributed by atoms with Crippen LogP contribution in [0.4, 0.5) is 0 Å². The van der Waals surface area contributed by atoms with E-state index in [4.69, 9.17) is 5.73 Å². The number of aromatic nitrogens is 3. The van der Waals surface area contributed by atoms with Gasteiger partial charge in [-0.1, -0.05) is 6.07 Å². The number of hydrogen-bond donors (Lipinski definition) is 1. The predicted molar refractivity (Wildman–Crippen MR) is 75.3 cm³/mol. The molecule has 0 aliphatic heterocycles. The molecule has 2 aromatic rings. The summed E-state index contributed by atoms with van der Waals surface area (Å²) in [4.78, 5) is 6.64. The highest BCUT2D eigenvalue weighted by Gasteiger charge is 2.22. The summed E-state index contributed by atoms with van der Waals surface area (Å²) in [7, 11) is 3.99. The molecule has 0 saturated carbocycles. The maximum Gasteiger partial charge on any atom is 0.0671 e. The van der Waals surface area contributed by atoms with Crippen LogP contribution in [-0.2, 0) is 13.6 Å². The average Bonchev–Trinajstić information content (AvgIpc) is 2.75. The van der Waals surface area contributed by atoms with E-state index < -0.39 is 0 Å². The van der Waals surface area contributed by atoms with Gasteiger partial charge in [-0.3, -0.25) is 14.6 Å². The van der Waals surface area contributed by atoms with Crippen LogP contribution < -0.4 is 5.73 Å². The lowest BCUT2D eigenvalue weighted by Gasteiger charge is -2.30. The molecular weight excluding hydrogens is 238 g/mol. The Bertz CT molecular complexity index is 506. The fourth-order valence-electron chi connectivity index (χ4n) is 2.39. The molecule has 2 heterocycles. The molecule has 19 heavy (non-hydrogen) atoms. The normalized spacial score (nSPS) is 14.6. The van der Waals surface area contributed by atoms with Crippen molar-refractivity contribution in [1.29, 1.82) is 0 Å². The summed E-state index contributed by atoms with van der Waals surface area (Å²) in [6.45, 7) is 2.82. The zero-order valence-electron chi connectivity index (χ0n) is 11.7. The number of aryl methyl sites for hydroxylation is 1. The molecule has 2 N–H and O–H groups in total. The van der Waals surface area contributed by atoms with Crippen LogP contribution in [-0.4, -0.2) is 32.8 Å². The van der Waals surface area contributed by atoms with Gasteiger partial charge in [0.05, 0.1) is 17.9 Å². The first-order valence-electron chi connectivity index (χ1n) is 6.42. The van der Waals surface area contributed by atoms with Gasteiger partial charge in [0.15, 0.2) is 0 Å². The van der Waals surface area contributed by atoms with Gasteiger partial charge in [-0.25, -0.2) is 0 Å². The van der Waals surface area contributed by atoms with Crippen LogP contribution in [0.1, 0.15) is 24.2 Å². The standard InChI is InChI=1S/C14H21N5/c1-11(15)14(13-6-4-5-7-16-13)18(2)9-12-8-17-19(3)10-12/h4-8,10-11,14H,9,15H2,1-3H3. The highest BCUT2D eigenvalue weighted by molar-refractivity contribution is 5.12. The fraction of sp³-hybridized carbons (Fsp3) is 0.429. The average molecular weight is 259 g/mol. The highest BCUT2D eigenvalue weighted by Crippen LogP contribution is 2.21. The lowest BCUT2D eigenvalue weighted by atomic mass is 10.0. The van der Waals surface area contributed by atoms with Crippen molar-refractivity contribution >= 4 is 0 Å². The SMILES string of the molecule is CC(N)C(c1ccccn1)N(C)Cc1cnn(C)c1. The maximum absolute atomic E-state index is 6.13. The van der Waals surface area contributed by atoms with Crippen molar-refractivity contribution in [3.63, 3.8) is 0 Å². The van der Waals surface area contributed by atoms with Crippen molar-refractivity contribution in [2.75, 3.05) is 7.05 Å². The first-order chi connectivity index (χ1) is 9.08. The summed E-state index contributed by atoms with van der Waals surface area (Å²) in [5, 5.41) is 4.19. The van der Waals surface area contributed by atoms with Crippen LogP contribution in [0.3, 0.4) is 0 Å². The number of hydrogen-bond acceptors (Lipinski definition) is 4.